The van der Waals surface area contributed by atoms with Gasteiger partial charge in [-0.1, -0.05) is 24.3 Å². The van der Waals surface area contributed by atoms with Gasteiger partial charge in [0.25, 0.3) is 10.0 Å². The summed E-state index contributed by atoms with van der Waals surface area (Å²) < 4.78 is 80.1. The normalized spacial score (nSPS) is 12.0. The van der Waals surface area contributed by atoms with Crippen LogP contribution in [0.1, 0.15) is 0 Å². The standard InChI is InChI=1S/C13H9F4NO3S/c14-9-5-1-4-8-12(9)22(19,20)18-10-6-2-3-7-11(10)21-13(15,16)17/h1-8,18H. The molecule has 0 amide bonds. The minimum absolute atomic E-state index is 0.455. The molecular weight excluding hydrogens is 326 g/mol. The van der Waals surface area contributed by atoms with E-state index in [-0.39, 0.29) is 0 Å². The Balaban J connectivity index is 2.37. The van der Waals surface area contributed by atoms with E-state index >= 15 is 0 Å². The summed E-state index contributed by atoms with van der Waals surface area (Å²) in [6.07, 6.45) is -4.99. The first-order valence-corrected chi connectivity index (χ1v) is 7.29. The number of benzene rings is 2. The third-order valence-corrected chi connectivity index (χ3v) is 3.88. The Morgan fingerprint density at radius 2 is 1.55 bits per heavy atom. The number of alkyl halides is 3. The average molecular weight is 335 g/mol. The third-order valence-electron chi connectivity index (χ3n) is 2.48. The summed E-state index contributed by atoms with van der Waals surface area (Å²) >= 11 is 0. The Morgan fingerprint density at radius 1 is 0.955 bits per heavy atom. The Hall–Kier alpha value is -2.29. The van der Waals surface area contributed by atoms with Gasteiger partial charge in [-0.25, -0.2) is 12.8 Å². The second kappa shape index (κ2) is 5.84. The summed E-state index contributed by atoms with van der Waals surface area (Å²) in [5.74, 6) is -1.76. The van der Waals surface area contributed by atoms with E-state index < -0.39 is 38.5 Å². The predicted molar refractivity (Wildman–Crippen MR) is 70.3 cm³/mol. The third kappa shape index (κ3) is 3.88. The van der Waals surface area contributed by atoms with Crippen molar-refractivity contribution in [3.05, 3.63) is 54.3 Å². The number of anilines is 1. The molecule has 0 aliphatic carbocycles. The van der Waals surface area contributed by atoms with Crippen molar-refractivity contribution in [2.75, 3.05) is 4.72 Å². The van der Waals surface area contributed by atoms with Gasteiger partial charge in [0.1, 0.15) is 10.7 Å². The Morgan fingerprint density at radius 3 is 2.18 bits per heavy atom. The fraction of sp³-hybridized carbons (Fsp3) is 0.0769. The van der Waals surface area contributed by atoms with E-state index in [0.717, 1.165) is 24.3 Å². The van der Waals surface area contributed by atoms with Gasteiger partial charge in [0.2, 0.25) is 0 Å². The van der Waals surface area contributed by atoms with Gasteiger partial charge in [-0.3, -0.25) is 4.72 Å². The zero-order valence-electron chi connectivity index (χ0n) is 10.8. The molecule has 0 fully saturated rings. The highest BCUT2D eigenvalue weighted by atomic mass is 32.2. The van der Waals surface area contributed by atoms with Crippen molar-refractivity contribution in [3.63, 3.8) is 0 Å². The molecule has 4 nitrogen and oxygen atoms in total. The first-order chi connectivity index (χ1) is 10.2. The van der Waals surface area contributed by atoms with Crippen molar-refractivity contribution in [1.82, 2.24) is 0 Å². The molecule has 2 rings (SSSR count). The van der Waals surface area contributed by atoms with Crippen LogP contribution in [0, 0.1) is 5.82 Å². The molecule has 0 aromatic heterocycles. The van der Waals surface area contributed by atoms with Crippen LogP contribution in [0.5, 0.6) is 5.75 Å². The maximum absolute atomic E-state index is 13.5. The summed E-state index contributed by atoms with van der Waals surface area (Å²) in [4.78, 5) is -0.684. The van der Waals surface area contributed by atoms with Gasteiger partial charge in [-0.05, 0) is 24.3 Å². The fourth-order valence-corrected chi connectivity index (χ4v) is 2.78. The second-order valence-electron chi connectivity index (χ2n) is 4.08. The van der Waals surface area contributed by atoms with Crippen LogP contribution in [0.2, 0.25) is 0 Å². The number of rotatable bonds is 4. The van der Waals surface area contributed by atoms with E-state index in [4.69, 9.17) is 0 Å². The quantitative estimate of drug-likeness (QED) is 0.870. The number of ether oxygens (including phenoxy) is 1. The van der Waals surface area contributed by atoms with Crippen LogP contribution in [0.15, 0.2) is 53.4 Å². The number of nitrogens with one attached hydrogen (secondary N) is 1. The largest absolute Gasteiger partial charge is 0.573 e. The lowest BCUT2D eigenvalue weighted by molar-refractivity contribution is -0.274. The molecule has 0 aliphatic rings. The molecule has 0 saturated heterocycles. The second-order valence-corrected chi connectivity index (χ2v) is 5.73. The summed E-state index contributed by atoms with van der Waals surface area (Å²) in [5, 5.41) is 0. The van der Waals surface area contributed by atoms with Crippen LogP contribution in [-0.2, 0) is 10.0 Å². The van der Waals surface area contributed by atoms with Crippen LogP contribution in [0.25, 0.3) is 0 Å². The van der Waals surface area contributed by atoms with Gasteiger partial charge in [0, 0.05) is 0 Å². The molecule has 2 aromatic carbocycles. The Bertz CT molecular complexity index is 775. The highest BCUT2D eigenvalue weighted by Gasteiger charge is 2.32. The molecule has 0 aliphatic heterocycles. The topological polar surface area (TPSA) is 55.4 Å². The molecule has 22 heavy (non-hydrogen) atoms. The van der Waals surface area contributed by atoms with E-state index in [0.29, 0.717) is 0 Å². The summed E-state index contributed by atoms with van der Waals surface area (Å²) in [7, 11) is -4.39. The number of hydrogen-bond acceptors (Lipinski definition) is 3. The molecule has 2 aromatic rings. The maximum Gasteiger partial charge on any atom is 0.573 e. The van der Waals surface area contributed by atoms with Gasteiger partial charge in [0.15, 0.2) is 5.75 Å². The van der Waals surface area contributed by atoms with Crippen LogP contribution in [-0.4, -0.2) is 14.8 Å². The average Bonchev–Trinajstić information content (AvgIpc) is 2.39. The molecular formula is C13H9F4NO3S. The number of halogens is 4. The zero-order valence-corrected chi connectivity index (χ0v) is 11.6. The lowest BCUT2D eigenvalue weighted by Crippen LogP contribution is -2.20. The molecule has 0 unspecified atom stereocenters. The molecule has 0 bridgehead atoms. The summed E-state index contributed by atoms with van der Waals surface area (Å²) in [6.45, 7) is 0. The number of para-hydroxylation sites is 2. The molecule has 9 heteroatoms. The molecule has 118 valence electrons. The molecule has 0 atom stereocenters. The van der Waals surface area contributed by atoms with Crippen LogP contribution >= 0.6 is 0 Å². The highest BCUT2D eigenvalue weighted by Crippen LogP contribution is 2.31. The van der Waals surface area contributed by atoms with Crippen molar-refractivity contribution < 1.29 is 30.7 Å². The van der Waals surface area contributed by atoms with Crippen LogP contribution in [0.3, 0.4) is 0 Å². The van der Waals surface area contributed by atoms with Gasteiger partial charge < -0.3 is 4.74 Å². The van der Waals surface area contributed by atoms with Gasteiger partial charge >= 0.3 is 6.36 Å². The van der Waals surface area contributed by atoms with E-state index in [9.17, 15) is 26.0 Å². The Labute approximate surface area is 123 Å². The number of hydrogen-bond donors (Lipinski definition) is 1. The summed E-state index contributed by atoms with van der Waals surface area (Å²) in [5.41, 5.74) is -0.455. The SMILES string of the molecule is O=S(=O)(Nc1ccccc1OC(F)(F)F)c1ccccc1F. The van der Waals surface area contributed by atoms with E-state index in [1.807, 2.05) is 4.72 Å². The summed E-state index contributed by atoms with van der Waals surface area (Å²) in [6, 6.07) is 9.04. The molecule has 0 radical (unpaired) electrons. The minimum Gasteiger partial charge on any atom is -0.404 e. The monoisotopic (exact) mass is 335 g/mol. The first-order valence-electron chi connectivity index (χ1n) is 5.81. The lowest BCUT2D eigenvalue weighted by atomic mass is 10.3. The minimum atomic E-state index is -4.99. The van der Waals surface area contributed by atoms with Crippen LogP contribution in [0.4, 0.5) is 23.2 Å². The van der Waals surface area contributed by atoms with Crippen LogP contribution < -0.4 is 9.46 Å². The van der Waals surface area contributed by atoms with Crippen molar-refractivity contribution in [3.8, 4) is 5.75 Å². The van der Waals surface area contributed by atoms with Gasteiger partial charge in [0.05, 0.1) is 5.69 Å². The molecule has 0 spiro atoms. The van der Waals surface area contributed by atoms with E-state index in [1.54, 1.807) is 0 Å². The molecule has 0 heterocycles. The van der Waals surface area contributed by atoms with Crippen molar-refractivity contribution in [1.29, 1.82) is 0 Å². The van der Waals surface area contributed by atoms with E-state index in [2.05, 4.69) is 4.74 Å². The maximum atomic E-state index is 13.5. The molecule has 0 saturated carbocycles. The first kappa shape index (κ1) is 16.1. The lowest BCUT2D eigenvalue weighted by Gasteiger charge is -2.14. The van der Waals surface area contributed by atoms with E-state index in [1.165, 1.54) is 24.3 Å². The van der Waals surface area contributed by atoms with Gasteiger partial charge in [-0.15, -0.1) is 13.2 Å². The smallest absolute Gasteiger partial charge is 0.404 e. The number of sulfonamides is 1. The van der Waals surface area contributed by atoms with Crippen molar-refractivity contribution >= 4 is 15.7 Å². The predicted octanol–water partition coefficient (Wildman–Crippen LogP) is 3.53. The van der Waals surface area contributed by atoms with Gasteiger partial charge in [-0.2, -0.15) is 0 Å². The van der Waals surface area contributed by atoms with Crippen molar-refractivity contribution in [2.45, 2.75) is 11.3 Å². The fourth-order valence-electron chi connectivity index (χ4n) is 1.63. The molecule has 1 N–H and O–H groups in total. The Kier molecular flexibility index (Phi) is 4.27. The zero-order chi connectivity index (χ0) is 16.4. The van der Waals surface area contributed by atoms with Crippen molar-refractivity contribution in [2.24, 2.45) is 0 Å². The highest BCUT2D eigenvalue weighted by molar-refractivity contribution is 7.92.